The molecule has 2 aromatic carbocycles. The summed E-state index contributed by atoms with van der Waals surface area (Å²) in [6.45, 7) is 6.61. The number of pyridine rings is 1. The smallest absolute Gasteiger partial charge is 0.251 e. The van der Waals surface area contributed by atoms with E-state index in [1.165, 1.54) is 5.56 Å². The Hall–Kier alpha value is -3.18. The number of hydrogen-bond donors (Lipinski definition) is 2. The summed E-state index contributed by atoms with van der Waals surface area (Å²) in [4.78, 5) is 17.5. The van der Waals surface area contributed by atoms with Crippen molar-refractivity contribution in [1.82, 2.24) is 4.98 Å². The molecule has 0 saturated carbocycles. The summed E-state index contributed by atoms with van der Waals surface area (Å²) in [5.41, 5.74) is 9.49. The predicted molar refractivity (Wildman–Crippen MR) is 122 cm³/mol. The Bertz CT molecular complexity index is 1170. The standard InChI is InChI=1S/C24H23N3OS/c1-24(2,3)16-11-9-15(10-12-16)20-13-18-21(29-20)19(22(25)28)14-26-23(18)27-17-7-5-4-6-8-17/h4-14H,1-3H3,(H2,25,28)(H,26,27). The van der Waals surface area contributed by atoms with Gasteiger partial charge in [-0.3, -0.25) is 4.79 Å². The second-order valence-corrected chi connectivity index (χ2v) is 9.11. The lowest BCUT2D eigenvalue weighted by molar-refractivity contribution is 0.100. The first kappa shape index (κ1) is 19.2. The minimum absolute atomic E-state index is 0.106. The largest absolute Gasteiger partial charge is 0.366 e. The number of amides is 1. The predicted octanol–water partition coefficient (Wildman–Crippen LogP) is 6.10. The highest BCUT2D eigenvalue weighted by Crippen LogP contribution is 2.39. The summed E-state index contributed by atoms with van der Waals surface area (Å²) in [5.74, 6) is 0.246. The van der Waals surface area contributed by atoms with Gasteiger partial charge in [0.2, 0.25) is 0 Å². The van der Waals surface area contributed by atoms with Crippen molar-refractivity contribution in [3.8, 4) is 10.4 Å². The van der Waals surface area contributed by atoms with Crippen LogP contribution in [0, 0.1) is 0 Å². The van der Waals surface area contributed by atoms with Crippen molar-refractivity contribution in [2.75, 3.05) is 5.32 Å². The monoisotopic (exact) mass is 401 g/mol. The van der Waals surface area contributed by atoms with Crippen molar-refractivity contribution in [3.63, 3.8) is 0 Å². The van der Waals surface area contributed by atoms with Gasteiger partial charge in [-0.25, -0.2) is 4.98 Å². The molecule has 0 spiro atoms. The van der Waals surface area contributed by atoms with Gasteiger partial charge in [0.1, 0.15) is 5.82 Å². The number of fused-ring (bicyclic) bond motifs is 1. The normalized spacial score (nSPS) is 11.6. The topological polar surface area (TPSA) is 68.0 Å². The van der Waals surface area contributed by atoms with Crippen LogP contribution in [0.1, 0.15) is 36.7 Å². The molecule has 4 aromatic rings. The number of carbonyl (C=O) groups is 1. The first-order chi connectivity index (χ1) is 13.8. The maximum absolute atomic E-state index is 12.0. The fourth-order valence-electron chi connectivity index (χ4n) is 3.23. The third-order valence-corrected chi connectivity index (χ3v) is 6.11. The average Bonchev–Trinajstić information content (AvgIpc) is 3.14. The molecule has 0 saturated heterocycles. The number of nitrogens with one attached hydrogen (secondary N) is 1. The van der Waals surface area contributed by atoms with E-state index >= 15 is 0 Å². The molecule has 0 radical (unpaired) electrons. The Morgan fingerprint density at radius 3 is 2.34 bits per heavy atom. The molecule has 5 heteroatoms. The number of hydrogen-bond acceptors (Lipinski definition) is 4. The molecule has 29 heavy (non-hydrogen) atoms. The van der Waals surface area contributed by atoms with Crippen LogP contribution in [-0.4, -0.2) is 10.9 Å². The number of nitrogens with zero attached hydrogens (tertiary/aromatic N) is 1. The molecule has 1 amide bonds. The SMILES string of the molecule is CC(C)(C)c1ccc(-c2cc3c(Nc4ccccc4)ncc(C(N)=O)c3s2)cc1. The van der Waals surface area contributed by atoms with Gasteiger partial charge in [0, 0.05) is 22.1 Å². The van der Waals surface area contributed by atoms with Crippen molar-refractivity contribution >= 4 is 38.8 Å². The number of thiophene rings is 1. The fourth-order valence-corrected chi connectivity index (χ4v) is 4.41. The lowest BCUT2D eigenvalue weighted by atomic mass is 9.86. The zero-order valence-corrected chi connectivity index (χ0v) is 17.5. The summed E-state index contributed by atoms with van der Waals surface area (Å²) in [5, 5.41) is 4.24. The van der Waals surface area contributed by atoms with Gasteiger partial charge in [0.25, 0.3) is 5.91 Å². The van der Waals surface area contributed by atoms with E-state index in [0.717, 1.165) is 26.2 Å². The lowest BCUT2D eigenvalue weighted by Crippen LogP contribution is -2.11. The van der Waals surface area contributed by atoms with Crippen molar-refractivity contribution in [1.29, 1.82) is 0 Å². The summed E-state index contributed by atoms with van der Waals surface area (Å²) in [7, 11) is 0. The van der Waals surface area contributed by atoms with Crippen LogP contribution in [0.5, 0.6) is 0 Å². The number of para-hydroxylation sites is 1. The van der Waals surface area contributed by atoms with Gasteiger partial charge in [-0.1, -0.05) is 63.2 Å². The van der Waals surface area contributed by atoms with Crippen molar-refractivity contribution in [2.45, 2.75) is 26.2 Å². The number of benzene rings is 2. The molecule has 0 bridgehead atoms. The molecule has 146 valence electrons. The molecule has 0 atom stereocenters. The molecule has 2 aromatic heterocycles. The maximum Gasteiger partial charge on any atom is 0.251 e. The summed E-state index contributed by atoms with van der Waals surface area (Å²) >= 11 is 1.56. The van der Waals surface area contributed by atoms with Gasteiger partial charge < -0.3 is 11.1 Å². The maximum atomic E-state index is 12.0. The number of nitrogens with two attached hydrogens (primary N) is 1. The number of primary amides is 1. The molecule has 3 N–H and O–H groups in total. The Morgan fingerprint density at radius 1 is 1.03 bits per heavy atom. The molecule has 0 aliphatic rings. The minimum atomic E-state index is -0.467. The van der Waals surface area contributed by atoms with E-state index in [1.807, 2.05) is 30.3 Å². The highest BCUT2D eigenvalue weighted by atomic mass is 32.1. The van der Waals surface area contributed by atoms with Gasteiger partial charge in [-0.05, 0) is 34.7 Å². The number of carbonyl (C=O) groups excluding carboxylic acids is 1. The third kappa shape index (κ3) is 3.87. The van der Waals surface area contributed by atoms with Crippen molar-refractivity contribution in [3.05, 3.63) is 78.0 Å². The van der Waals surface area contributed by atoms with Crippen molar-refractivity contribution < 1.29 is 4.79 Å². The van der Waals surface area contributed by atoms with Gasteiger partial charge in [0.15, 0.2) is 0 Å². The van der Waals surface area contributed by atoms with E-state index < -0.39 is 5.91 Å². The molecule has 0 aliphatic heterocycles. The second kappa shape index (κ2) is 7.33. The van der Waals surface area contributed by atoms with E-state index in [2.05, 4.69) is 61.4 Å². The second-order valence-electron chi connectivity index (χ2n) is 8.06. The number of anilines is 2. The van der Waals surface area contributed by atoms with E-state index in [-0.39, 0.29) is 5.41 Å². The Kier molecular flexibility index (Phi) is 4.84. The van der Waals surface area contributed by atoms with Gasteiger partial charge >= 0.3 is 0 Å². The van der Waals surface area contributed by atoms with Gasteiger partial charge in [0.05, 0.1) is 10.3 Å². The van der Waals surface area contributed by atoms with Crippen LogP contribution < -0.4 is 11.1 Å². The fraction of sp³-hybridized carbons (Fsp3) is 0.167. The Balaban J connectivity index is 1.81. The van der Waals surface area contributed by atoms with Crippen LogP contribution in [-0.2, 0) is 5.41 Å². The van der Waals surface area contributed by atoms with Crippen LogP contribution in [0.25, 0.3) is 20.5 Å². The van der Waals surface area contributed by atoms with E-state index in [9.17, 15) is 4.79 Å². The molecule has 0 aliphatic carbocycles. The summed E-state index contributed by atoms with van der Waals surface area (Å²) in [6, 6.07) is 20.5. The van der Waals surface area contributed by atoms with Crippen LogP contribution >= 0.6 is 11.3 Å². The van der Waals surface area contributed by atoms with E-state index in [0.29, 0.717) is 11.4 Å². The Labute approximate surface area is 174 Å². The molecular weight excluding hydrogens is 378 g/mol. The minimum Gasteiger partial charge on any atom is -0.366 e. The lowest BCUT2D eigenvalue weighted by Gasteiger charge is -2.18. The number of aromatic nitrogens is 1. The first-order valence-corrected chi connectivity index (χ1v) is 10.3. The van der Waals surface area contributed by atoms with Gasteiger partial charge in [-0.15, -0.1) is 11.3 Å². The summed E-state index contributed by atoms with van der Waals surface area (Å²) in [6.07, 6.45) is 1.55. The third-order valence-electron chi connectivity index (χ3n) is 4.89. The average molecular weight is 402 g/mol. The van der Waals surface area contributed by atoms with Crippen LogP contribution in [0.3, 0.4) is 0 Å². The van der Waals surface area contributed by atoms with Crippen LogP contribution in [0.15, 0.2) is 66.9 Å². The first-order valence-electron chi connectivity index (χ1n) is 9.48. The van der Waals surface area contributed by atoms with Crippen molar-refractivity contribution in [2.24, 2.45) is 5.73 Å². The molecule has 0 unspecified atom stereocenters. The highest BCUT2D eigenvalue weighted by molar-refractivity contribution is 7.22. The van der Waals surface area contributed by atoms with Crippen LogP contribution in [0.4, 0.5) is 11.5 Å². The number of rotatable bonds is 4. The molecule has 4 rings (SSSR count). The van der Waals surface area contributed by atoms with E-state index in [1.54, 1.807) is 17.5 Å². The zero-order valence-electron chi connectivity index (χ0n) is 16.7. The van der Waals surface area contributed by atoms with Gasteiger partial charge in [-0.2, -0.15) is 0 Å². The molecule has 0 fully saturated rings. The molecular formula is C24H23N3OS. The Morgan fingerprint density at radius 2 is 1.72 bits per heavy atom. The van der Waals surface area contributed by atoms with E-state index in [4.69, 9.17) is 5.73 Å². The summed E-state index contributed by atoms with van der Waals surface area (Å²) < 4.78 is 0.848. The zero-order chi connectivity index (χ0) is 20.6. The molecule has 4 nitrogen and oxygen atoms in total. The van der Waals surface area contributed by atoms with Crippen LogP contribution in [0.2, 0.25) is 0 Å². The highest BCUT2D eigenvalue weighted by Gasteiger charge is 2.17. The quantitative estimate of drug-likeness (QED) is 0.434. The molecule has 2 heterocycles.